The van der Waals surface area contributed by atoms with Crippen molar-refractivity contribution in [3.63, 3.8) is 0 Å². The molecule has 1 amide bonds. The van der Waals surface area contributed by atoms with Crippen LogP contribution in [0.5, 0.6) is 0 Å². The van der Waals surface area contributed by atoms with Gasteiger partial charge in [-0.2, -0.15) is 0 Å². The fraction of sp³-hybridized carbons (Fsp3) is 0.867. The first kappa shape index (κ1) is 21.2. The van der Waals surface area contributed by atoms with Crippen molar-refractivity contribution in [3.05, 3.63) is 10.4 Å². The van der Waals surface area contributed by atoms with E-state index in [0.717, 1.165) is 19.3 Å². The molecule has 0 aliphatic carbocycles. The predicted octanol–water partition coefficient (Wildman–Crippen LogP) is 2.78. The summed E-state index contributed by atoms with van der Waals surface area (Å²) < 4.78 is 4.81. The Bertz CT molecular complexity index is 406. The first-order valence-corrected chi connectivity index (χ1v) is 8.09. The van der Waals surface area contributed by atoms with Gasteiger partial charge in [0.05, 0.1) is 19.2 Å². The first-order chi connectivity index (χ1) is 10.9. The van der Waals surface area contributed by atoms with Gasteiger partial charge in [-0.3, -0.25) is 4.79 Å². The van der Waals surface area contributed by atoms with E-state index < -0.39 is 6.09 Å². The molecule has 23 heavy (non-hydrogen) atoms. The second-order valence-electron chi connectivity index (χ2n) is 5.94. The minimum Gasteiger partial charge on any atom is -0.449 e. The van der Waals surface area contributed by atoms with Crippen molar-refractivity contribution >= 4 is 11.9 Å². The van der Waals surface area contributed by atoms with Crippen LogP contribution in [0, 0.1) is 5.92 Å². The Morgan fingerprint density at radius 3 is 2.48 bits per heavy atom. The molecular formula is C15H29N5O3. The third-order valence-electron chi connectivity index (χ3n) is 3.12. The molecule has 0 rings (SSSR count). The van der Waals surface area contributed by atoms with Crippen LogP contribution in [-0.4, -0.2) is 43.7 Å². The van der Waals surface area contributed by atoms with E-state index >= 15 is 0 Å². The van der Waals surface area contributed by atoms with Crippen molar-refractivity contribution in [1.82, 2.24) is 10.6 Å². The fourth-order valence-electron chi connectivity index (χ4n) is 2.05. The van der Waals surface area contributed by atoms with E-state index in [1.54, 1.807) is 0 Å². The molecule has 8 heteroatoms. The summed E-state index contributed by atoms with van der Waals surface area (Å²) in [4.78, 5) is 26.0. The number of amides is 1. The Hall–Kier alpha value is -1.79. The quantitative estimate of drug-likeness (QED) is 0.248. The molecule has 0 saturated carbocycles. The molecule has 0 aromatic heterocycles. The van der Waals surface area contributed by atoms with E-state index in [2.05, 4.69) is 20.7 Å². The number of hydrogen-bond acceptors (Lipinski definition) is 5. The van der Waals surface area contributed by atoms with Gasteiger partial charge < -0.3 is 15.4 Å². The molecule has 8 nitrogen and oxygen atoms in total. The highest BCUT2D eigenvalue weighted by atomic mass is 16.5. The SMILES string of the molecule is CC(C)NC(CCCCNC(=O)OCCN=[N+]=[N-])C(=O)C(C)C. The Morgan fingerprint density at radius 1 is 1.22 bits per heavy atom. The third kappa shape index (κ3) is 11.4. The monoisotopic (exact) mass is 327 g/mol. The van der Waals surface area contributed by atoms with Crippen molar-refractivity contribution in [2.45, 2.75) is 59.0 Å². The Balaban J connectivity index is 3.90. The van der Waals surface area contributed by atoms with Gasteiger partial charge in [0.1, 0.15) is 0 Å². The molecule has 0 saturated heterocycles. The van der Waals surface area contributed by atoms with Gasteiger partial charge in [-0.1, -0.05) is 32.8 Å². The van der Waals surface area contributed by atoms with E-state index in [4.69, 9.17) is 10.3 Å². The molecule has 1 unspecified atom stereocenters. The van der Waals surface area contributed by atoms with Crippen LogP contribution in [0.2, 0.25) is 0 Å². The van der Waals surface area contributed by atoms with E-state index in [-0.39, 0.29) is 36.9 Å². The second kappa shape index (κ2) is 12.7. The number of azide groups is 1. The van der Waals surface area contributed by atoms with E-state index in [0.29, 0.717) is 6.54 Å². The topological polar surface area (TPSA) is 116 Å². The molecule has 2 N–H and O–H groups in total. The molecule has 0 aliphatic rings. The van der Waals surface area contributed by atoms with Gasteiger partial charge in [-0.05, 0) is 24.8 Å². The van der Waals surface area contributed by atoms with Crippen molar-refractivity contribution in [2.75, 3.05) is 19.7 Å². The number of hydrogen-bond donors (Lipinski definition) is 2. The van der Waals surface area contributed by atoms with Crippen LogP contribution < -0.4 is 10.6 Å². The minimum atomic E-state index is -0.520. The van der Waals surface area contributed by atoms with Crippen LogP contribution in [-0.2, 0) is 9.53 Å². The number of carbonyl (C=O) groups excluding carboxylic acids is 2. The lowest BCUT2D eigenvalue weighted by molar-refractivity contribution is -0.124. The zero-order valence-corrected chi connectivity index (χ0v) is 14.5. The van der Waals surface area contributed by atoms with E-state index in [1.807, 2.05) is 27.7 Å². The molecule has 0 heterocycles. The largest absolute Gasteiger partial charge is 0.449 e. The summed E-state index contributed by atoms with van der Waals surface area (Å²) in [5, 5.41) is 9.19. The van der Waals surface area contributed by atoms with Crippen molar-refractivity contribution < 1.29 is 14.3 Å². The zero-order chi connectivity index (χ0) is 17.7. The lowest BCUT2D eigenvalue weighted by Crippen LogP contribution is -2.42. The Labute approximate surface area is 138 Å². The smallest absolute Gasteiger partial charge is 0.407 e. The van der Waals surface area contributed by atoms with Gasteiger partial charge in [0, 0.05) is 23.4 Å². The molecule has 0 aromatic rings. The highest BCUT2D eigenvalue weighted by molar-refractivity contribution is 5.85. The summed E-state index contributed by atoms with van der Waals surface area (Å²) in [6, 6.07) is 0.123. The minimum absolute atomic E-state index is 0.00965. The number of alkyl carbamates (subject to hydrolysis) is 1. The van der Waals surface area contributed by atoms with Crippen molar-refractivity contribution in [2.24, 2.45) is 11.0 Å². The Morgan fingerprint density at radius 2 is 1.91 bits per heavy atom. The van der Waals surface area contributed by atoms with Gasteiger partial charge in [0.15, 0.2) is 5.78 Å². The lowest BCUT2D eigenvalue weighted by Gasteiger charge is -2.22. The standard InChI is InChI=1S/C15H29N5O3/c1-11(2)14(21)13(19-12(3)4)7-5-6-8-17-15(22)23-10-9-18-20-16/h11-13,19H,5-10H2,1-4H3,(H,17,22). The van der Waals surface area contributed by atoms with Crippen LogP contribution in [0.3, 0.4) is 0 Å². The van der Waals surface area contributed by atoms with Crippen LogP contribution in [0.25, 0.3) is 10.4 Å². The molecule has 1 atom stereocenters. The lowest BCUT2D eigenvalue weighted by atomic mass is 9.96. The normalized spacial score (nSPS) is 11.9. The summed E-state index contributed by atoms with van der Waals surface area (Å²) >= 11 is 0. The molecular weight excluding hydrogens is 298 g/mol. The van der Waals surface area contributed by atoms with Gasteiger partial charge >= 0.3 is 6.09 Å². The van der Waals surface area contributed by atoms with Gasteiger partial charge in [-0.15, -0.1) is 0 Å². The Kier molecular flexibility index (Phi) is 11.7. The van der Waals surface area contributed by atoms with Crippen LogP contribution in [0.15, 0.2) is 5.11 Å². The van der Waals surface area contributed by atoms with Gasteiger partial charge in [0.25, 0.3) is 0 Å². The number of rotatable bonds is 12. The maximum absolute atomic E-state index is 12.1. The highest BCUT2D eigenvalue weighted by Gasteiger charge is 2.21. The number of Topliss-reactive ketones (excluding diaryl/α,β-unsaturated/α-hetero) is 1. The van der Waals surface area contributed by atoms with Crippen molar-refractivity contribution in [3.8, 4) is 0 Å². The molecule has 0 aromatic carbocycles. The molecule has 132 valence electrons. The average Bonchev–Trinajstić information content (AvgIpc) is 2.48. The van der Waals surface area contributed by atoms with Gasteiger partial charge in [-0.25, -0.2) is 4.79 Å². The number of carbonyl (C=O) groups is 2. The third-order valence-corrected chi connectivity index (χ3v) is 3.12. The number of ketones is 1. The average molecular weight is 327 g/mol. The summed E-state index contributed by atoms with van der Waals surface area (Å²) in [7, 11) is 0. The van der Waals surface area contributed by atoms with Gasteiger partial charge in [0.2, 0.25) is 0 Å². The van der Waals surface area contributed by atoms with Crippen LogP contribution in [0.1, 0.15) is 47.0 Å². The molecule has 0 radical (unpaired) electrons. The van der Waals surface area contributed by atoms with E-state index in [9.17, 15) is 9.59 Å². The molecule has 0 fully saturated rings. The number of nitrogens with one attached hydrogen (secondary N) is 2. The number of unbranched alkanes of at least 4 members (excludes halogenated alkanes) is 1. The maximum Gasteiger partial charge on any atom is 0.407 e. The van der Waals surface area contributed by atoms with Crippen LogP contribution in [0.4, 0.5) is 4.79 Å². The molecule has 0 bridgehead atoms. The number of nitrogens with zero attached hydrogens (tertiary/aromatic N) is 3. The van der Waals surface area contributed by atoms with E-state index in [1.165, 1.54) is 0 Å². The summed E-state index contributed by atoms with van der Waals surface area (Å²) in [5.74, 6) is 0.236. The highest BCUT2D eigenvalue weighted by Crippen LogP contribution is 2.08. The first-order valence-electron chi connectivity index (χ1n) is 8.09. The summed E-state index contributed by atoms with van der Waals surface area (Å²) in [5.41, 5.74) is 8.08. The summed E-state index contributed by atoms with van der Waals surface area (Å²) in [6.45, 7) is 8.55. The zero-order valence-electron chi connectivity index (χ0n) is 14.5. The molecule has 0 spiro atoms. The fourth-order valence-corrected chi connectivity index (χ4v) is 2.05. The second-order valence-corrected chi connectivity index (χ2v) is 5.94. The number of ether oxygens (including phenoxy) is 1. The van der Waals surface area contributed by atoms with Crippen molar-refractivity contribution in [1.29, 1.82) is 0 Å². The summed E-state index contributed by atoms with van der Waals surface area (Å²) in [6.07, 6.45) is 1.84. The maximum atomic E-state index is 12.1. The molecule has 0 aliphatic heterocycles. The predicted molar refractivity (Wildman–Crippen MR) is 89.1 cm³/mol. The van der Waals surface area contributed by atoms with Crippen LogP contribution >= 0.6 is 0 Å².